The highest BCUT2D eigenvalue weighted by Crippen LogP contribution is 2.36. The number of unbranched alkanes of at least 4 members (excludes halogenated alkanes) is 12. The van der Waals surface area contributed by atoms with Gasteiger partial charge in [0.25, 0.3) is 0 Å². The molecule has 0 heterocycles. The van der Waals surface area contributed by atoms with E-state index in [2.05, 4.69) is 20.8 Å². The van der Waals surface area contributed by atoms with Crippen molar-refractivity contribution in [2.45, 2.75) is 116 Å². The third-order valence-corrected chi connectivity index (χ3v) is 10.5. The van der Waals surface area contributed by atoms with Crippen LogP contribution in [-0.4, -0.2) is 15.2 Å². The number of hydrogen-bond donors (Lipinski definition) is 0. The summed E-state index contributed by atoms with van der Waals surface area (Å²) in [4.78, 5) is 0. The molecule has 0 atom stereocenters. The van der Waals surface area contributed by atoms with Crippen LogP contribution in [0, 0.1) is 0 Å². The van der Waals surface area contributed by atoms with Crippen LogP contribution >= 0.6 is 34.8 Å². The van der Waals surface area contributed by atoms with Gasteiger partial charge < -0.3 is 8.85 Å². The fourth-order valence-corrected chi connectivity index (χ4v) is 6.77. The zero-order valence-corrected chi connectivity index (χ0v) is 23.2. The second kappa shape index (κ2) is 17.5. The predicted molar refractivity (Wildman–Crippen MR) is 140 cm³/mol. The number of benzene rings is 1. The van der Waals surface area contributed by atoms with E-state index in [9.17, 15) is 0 Å². The van der Waals surface area contributed by atoms with Crippen LogP contribution in [0.25, 0.3) is 0 Å². The largest absolute Gasteiger partial charge is 0.519 e. The van der Waals surface area contributed by atoms with Gasteiger partial charge in [-0.05, 0) is 24.6 Å². The molecular formula is C25H43Cl3O2Si. The van der Waals surface area contributed by atoms with Crippen molar-refractivity contribution < 1.29 is 8.85 Å². The van der Waals surface area contributed by atoms with Crippen molar-refractivity contribution in [3.05, 3.63) is 27.2 Å². The standard InChI is InChI=1S/C25H43Cl3O2Si/c1-4-7-8-9-10-11-12-13-14-15-16-17-18-19-29-31(5-2,6-3)30-25-21-23(27)22(26)20-24(25)28/h20-21H,4-19H2,1-3H3. The fraction of sp³-hybridized carbons (Fsp3) is 0.760. The smallest absolute Gasteiger partial charge is 0.398 e. The molecule has 0 fully saturated rings. The van der Waals surface area contributed by atoms with E-state index in [0.717, 1.165) is 25.1 Å². The lowest BCUT2D eigenvalue weighted by Crippen LogP contribution is -2.44. The normalized spacial score (nSPS) is 11.8. The third kappa shape index (κ3) is 12.2. The van der Waals surface area contributed by atoms with Gasteiger partial charge in [0.05, 0.1) is 15.1 Å². The minimum Gasteiger partial charge on any atom is -0.519 e. The molecule has 0 aliphatic carbocycles. The maximum atomic E-state index is 6.34. The van der Waals surface area contributed by atoms with Crippen LogP contribution < -0.4 is 4.43 Å². The topological polar surface area (TPSA) is 18.5 Å². The molecular weight excluding hydrogens is 467 g/mol. The molecule has 0 spiro atoms. The highest BCUT2D eigenvalue weighted by Gasteiger charge is 2.36. The molecule has 0 aliphatic rings. The summed E-state index contributed by atoms with van der Waals surface area (Å²) in [5, 5.41) is 1.37. The van der Waals surface area contributed by atoms with Crippen molar-refractivity contribution in [1.29, 1.82) is 0 Å². The zero-order chi connectivity index (χ0) is 23.0. The lowest BCUT2D eigenvalue weighted by atomic mass is 10.0. The molecule has 6 heteroatoms. The SMILES string of the molecule is CCCCCCCCCCCCCCCO[Si](CC)(CC)Oc1cc(Cl)c(Cl)cc1Cl. The van der Waals surface area contributed by atoms with Crippen molar-refractivity contribution in [3.63, 3.8) is 0 Å². The molecule has 0 N–H and O–H groups in total. The van der Waals surface area contributed by atoms with E-state index in [1.807, 2.05) is 0 Å². The maximum Gasteiger partial charge on any atom is 0.398 e. The van der Waals surface area contributed by atoms with Crippen molar-refractivity contribution >= 4 is 43.4 Å². The first-order valence-electron chi connectivity index (χ1n) is 12.5. The molecule has 0 bridgehead atoms. The first-order chi connectivity index (χ1) is 15.0. The van der Waals surface area contributed by atoms with Crippen molar-refractivity contribution in [2.24, 2.45) is 0 Å². The van der Waals surface area contributed by atoms with Gasteiger partial charge in [-0.25, -0.2) is 0 Å². The summed E-state index contributed by atoms with van der Waals surface area (Å²) in [7, 11) is -2.34. The van der Waals surface area contributed by atoms with Gasteiger partial charge in [-0.3, -0.25) is 0 Å². The highest BCUT2D eigenvalue weighted by atomic mass is 35.5. The summed E-state index contributed by atoms with van der Waals surface area (Å²) in [5.74, 6) is 0.580. The first-order valence-corrected chi connectivity index (χ1v) is 15.8. The van der Waals surface area contributed by atoms with Crippen LogP contribution in [0.4, 0.5) is 0 Å². The van der Waals surface area contributed by atoms with Crippen LogP contribution in [0.1, 0.15) is 104 Å². The van der Waals surface area contributed by atoms with E-state index >= 15 is 0 Å². The Morgan fingerprint density at radius 2 is 1.06 bits per heavy atom. The minimum atomic E-state index is -2.34. The number of rotatable bonds is 19. The molecule has 2 nitrogen and oxygen atoms in total. The molecule has 1 aromatic rings. The van der Waals surface area contributed by atoms with Crippen molar-refractivity contribution in [1.82, 2.24) is 0 Å². The summed E-state index contributed by atoms with van der Waals surface area (Å²) < 4.78 is 12.7. The molecule has 1 rings (SSSR count). The molecule has 0 aromatic heterocycles. The van der Waals surface area contributed by atoms with Gasteiger partial charge in [-0.2, -0.15) is 0 Å². The summed E-state index contributed by atoms with van der Waals surface area (Å²) in [6.45, 7) is 7.29. The average molecular weight is 510 g/mol. The Bertz CT molecular complexity index is 594. The van der Waals surface area contributed by atoms with E-state index in [0.29, 0.717) is 20.8 Å². The summed E-state index contributed by atoms with van der Waals surface area (Å²) in [6, 6.07) is 5.09. The molecule has 0 saturated carbocycles. The van der Waals surface area contributed by atoms with Crippen molar-refractivity contribution in [2.75, 3.05) is 6.61 Å². The lowest BCUT2D eigenvalue weighted by molar-refractivity contribution is 0.230. The Hall–Kier alpha value is 0.0669. The summed E-state index contributed by atoms with van der Waals surface area (Å²) in [6.07, 6.45) is 17.6. The van der Waals surface area contributed by atoms with E-state index in [4.69, 9.17) is 43.7 Å². The van der Waals surface area contributed by atoms with Gasteiger partial charge in [-0.15, -0.1) is 0 Å². The van der Waals surface area contributed by atoms with Gasteiger partial charge in [0.2, 0.25) is 0 Å². The monoisotopic (exact) mass is 508 g/mol. The van der Waals surface area contributed by atoms with Gasteiger partial charge >= 0.3 is 8.56 Å². The van der Waals surface area contributed by atoms with Gasteiger partial charge in [-0.1, -0.05) is 133 Å². The van der Waals surface area contributed by atoms with Gasteiger partial charge in [0.1, 0.15) is 5.75 Å². The molecule has 0 amide bonds. The third-order valence-electron chi connectivity index (χ3n) is 5.96. The van der Waals surface area contributed by atoms with Crippen LogP contribution in [0.5, 0.6) is 5.75 Å². The molecule has 0 unspecified atom stereocenters. The predicted octanol–water partition coefficient (Wildman–Crippen LogP) is 10.6. The second-order valence-electron chi connectivity index (χ2n) is 8.51. The Balaban J connectivity index is 2.19. The molecule has 0 saturated heterocycles. The van der Waals surface area contributed by atoms with Crippen LogP contribution in [-0.2, 0) is 4.43 Å². The van der Waals surface area contributed by atoms with E-state index < -0.39 is 8.56 Å². The van der Waals surface area contributed by atoms with Crippen LogP contribution in [0.15, 0.2) is 12.1 Å². The maximum absolute atomic E-state index is 6.34. The molecule has 0 radical (unpaired) electrons. The van der Waals surface area contributed by atoms with E-state index in [-0.39, 0.29) is 0 Å². The van der Waals surface area contributed by atoms with Gasteiger partial charge in [0, 0.05) is 12.7 Å². The minimum absolute atomic E-state index is 0.437. The Kier molecular flexibility index (Phi) is 16.5. The molecule has 180 valence electrons. The second-order valence-corrected chi connectivity index (χ2v) is 13.5. The quantitative estimate of drug-likeness (QED) is 0.105. The molecule has 1 aromatic carbocycles. The van der Waals surface area contributed by atoms with Gasteiger partial charge in [0.15, 0.2) is 0 Å². The Morgan fingerprint density at radius 1 is 0.613 bits per heavy atom. The Labute approximate surface area is 207 Å². The molecule has 0 aliphatic heterocycles. The first kappa shape index (κ1) is 29.1. The highest BCUT2D eigenvalue weighted by molar-refractivity contribution is 6.68. The van der Waals surface area contributed by atoms with E-state index in [1.54, 1.807) is 12.1 Å². The average Bonchev–Trinajstić information content (AvgIpc) is 2.76. The number of halogens is 3. The summed E-state index contributed by atoms with van der Waals surface area (Å²) >= 11 is 18.5. The van der Waals surface area contributed by atoms with Crippen LogP contribution in [0.2, 0.25) is 27.2 Å². The Morgan fingerprint density at radius 3 is 1.55 bits per heavy atom. The number of hydrogen-bond acceptors (Lipinski definition) is 2. The van der Waals surface area contributed by atoms with Crippen LogP contribution in [0.3, 0.4) is 0 Å². The zero-order valence-electron chi connectivity index (χ0n) is 19.9. The van der Waals surface area contributed by atoms with Crippen molar-refractivity contribution in [3.8, 4) is 5.75 Å². The summed E-state index contributed by atoms with van der Waals surface area (Å²) in [5.41, 5.74) is 0. The lowest BCUT2D eigenvalue weighted by Gasteiger charge is -2.30. The fourth-order valence-electron chi connectivity index (χ4n) is 3.79. The molecule has 31 heavy (non-hydrogen) atoms. The van der Waals surface area contributed by atoms with E-state index in [1.165, 1.54) is 77.0 Å².